The summed E-state index contributed by atoms with van der Waals surface area (Å²) in [6.45, 7) is 5.41. The number of aromatic nitrogens is 5. The van der Waals surface area contributed by atoms with Crippen LogP contribution in [0.3, 0.4) is 0 Å². The van der Waals surface area contributed by atoms with Crippen molar-refractivity contribution < 1.29 is 4.79 Å². The maximum absolute atomic E-state index is 12.8. The Kier molecular flexibility index (Phi) is 4.18. The first kappa shape index (κ1) is 17.3. The van der Waals surface area contributed by atoms with Crippen molar-refractivity contribution in [1.82, 2.24) is 29.4 Å². The van der Waals surface area contributed by atoms with E-state index in [-0.39, 0.29) is 17.6 Å². The van der Waals surface area contributed by atoms with Gasteiger partial charge in [0.05, 0.1) is 11.7 Å². The molecule has 8 nitrogen and oxygen atoms in total. The highest BCUT2D eigenvalue weighted by molar-refractivity contribution is 5.94. The highest BCUT2D eigenvalue weighted by Gasteiger charge is 2.29. The van der Waals surface area contributed by atoms with Crippen LogP contribution in [-0.2, 0) is 7.05 Å². The molecule has 0 bridgehead atoms. The van der Waals surface area contributed by atoms with Gasteiger partial charge in [-0.1, -0.05) is 12.1 Å². The molecule has 1 aliphatic rings. The van der Waals surface area contributed by atoms with Gasteiger partial charge in [0, 0.05) is 37.0 Å². The Bertz CT molecular complexity index is 1040. The minimum atomic E-state index is -0.266. The minimum absolute atomic E-state index is 0.0140. The van der Waals surface area contributed by atoms with Crippen LogP contribution < -0.4 is 5.69 Å². The average molecular weight is 366 g/mol. The SMILES string of the molecule is Cc1cc(C)n(C2CCN(C(=O)c3ccc(-c4nn(C)c(=O)[nH]4)cc3)C2)n1. The van der Waals surface area contributed by atoms with Gasteiger partial charge in [0.15, 0.2) is 5.82 Å². The van der Waals surface area contributed by atoms with Gasteiger partial charge in [0.2, 0.25) is 0 Å². The number of hydrogen-bond acceptors (Lipinski definition) is 4. The number of carbonyl (C=O) groups is 1. The quantitative estimate of drug-likeness (QED) is 0.764. The Hall–Kier alpha value is -3.16. The number of carbonyl (C=O) groups excluding carboxylic acids is 1. The number of aryl methyl sites for hydroxylation is 3. The molecule has 1 aliphatic heterocycles. The van der Waals surface area contributed by atoms with E-state index in [4.69, 9.17) is 0 Å². The maximum atomic E-state index is 12.8. The van der Waals surface area contributed by atoms with Crippen LogP contribution in [0.4, 0.5) is 0 Å². The summed E-state index contributed by atoms with van der Waals surface area (Å²) in [5.74, 6) is 0.507. The van der Waals surface area contributed by atoms with Gasteiger partial charge in [-0.05, 0) is 38.5 Å². The fourth-order valence-electron chi connectivity index (χ4n) is 3.63. The largest absolute Gasteiger partial charge is 0.343 e. The van der Waals surface area contributed by atoms with Crippen molar-refractivity contribution in [3.8, 4) is 11.4 Å². The molecule has 1 N–H and O–H groups in total. The number of rotatable bonds is 3. The standard InChI is InChI=1S/C19H22N6O2/c1-12-10-13(2)25(21-12)16-8-9-24(11-16)18(26)15-6-4-14(5-7-15)17-20-19(27)23(3)22-17/h4-7,10,16H,8-9,11H2,1-3H3,(H,20,22,27). The zero-order valence-corrected chi connectivity index (χ0v) is 15.6. The molecule has 140 valence electrons. The topological polar surface area (TPSA) is 88.8 Å². The molecule has 0 radical (unpaired) electrons. The number of benzene rings is 1. The average Bonchev–Trinajstić information content (AvgIpc) is 3.34. The summed E-state index contributed by atoms with van der Waals surface area (Å²) >= 11 is 0. The van der Waals surface area contributed by atoms with Crippen LogP contribution >= 0.6 is 0 Å². The molecule has 0 spiro atoms. The minimum Gasteiger partial charge on any atom is -0.336 e. The van der Waals surface area contributed by atoms with Crippen molar-refractivity contribution in [3.05, 3.63) is 57.8 Å². The van der Waals surface area contributed by atoms with Gasteiger partial charge in [0.1, 0.15) is 0 Å². The Balaban J connectivity index is 1.48. The van der Waals surface area contributed by atoms with Crippen LogP contribution in [0.1, 0.15) is 34.2 Å². The summed E-state index contributed by atoms with van der Waals surface area (Å²) in [6.07, 6.45) is 0.904. The van der Waals surface area contributed by atoms with Crippen molar-refractivity contribution >= 4 is 5.91 Å². The Morgan fingerprint density at radius 1 is 1.19 bits per heavy atom. The molecule has 1 fully saturated rings. The van der Waals surface area contributed by atoms with Crippen LogP contribution in [0.5, 0.6) is 0 Å². The third-order valence-electron chi connectivity index (χ3n) is 5.02. The molecule has 1 unspecified atom stereocenters. The Labute approximate surface area is 156 Å². The summed E-state index contributed by atoms with van der Waals surface area (Å²) in [5, 5.41) is 8.68. The number of nitrogens with one attached hydrogen (secondary N) is 1. The second-order valence-electron chi connectivity index (χ2n) is 7.05. The van der Waals surface area contributed by atoms with Crippen LogP contribution in [0.25, 0.3) is 11.4 Å². The van der Waals surface area contributed by atoms with Crippen LogP contribution in [0.15, 0.2) is 35.1 Å². The van der Waals surface area contributed by atoms with E-state index in [1.165, 1.54) is 4.68 Å². The fourth-order valence-corrected chi connectivity index (χ4v) is 3.63. The molecular formula is C19H22N6O2. The van der Waals surface area contributed by atoms with Crippen molar-refractivity contribution in [3.63, 3.8) is 0 Å². The molecule has 0 saturated carbocycles. The van der Waals surface area contributed by atoms with Crippen molar-refractivity contribution in [2.24, 2.45) is 7.05 Å². The molecule has 27 heavy (non-hydrogen) atoms. The lowest BCUT2D eigenvalue weighted by molar-refractivity contribution is 0.0787. The number of amides is 1. The highest BCUT2D eigenvalue weighted by atomic mass is 16.2. The zero-order chi connectivity index (χ0) is 19.1. The molecule has 1 atom stereocenters. The highest BCUT2D eigenvalue weighted by Crippen LogP contribution is 2.25. The van der Waals surface area contributed by atoms with Gasteiger partial charge < -0.3 is 4.90 Å². The smallest absolute Gasteiger partial charge is 0.336 e. The lowest BCUT2D eigenvalue weighted by atomic mass is 10.1. The first-order chi connectivity index (χ1) is 12.9. The molecule has 1 aromatic carbocycles. The fraction of sp³-hybridized carbons (Fsp3) is 0.368. The molecule has 3 heterocycles. The monoisotopic (exact) mass is 366 g/mol. The lowest BCUT2D eigenvalue weighted by Crippen LogP contribution is -2.29. The number of nitrogens with zero attached hydrogens (tertiary/aromatic N) is 5. The molecule has 4 rings (SSSR count). The Morgan fingerprint density at radius 2 is 1.93 bits per heavy atom. The van der Waals surface area contributed by atoms with E-state index >= 15 is 0 Å². The summed E-state index contributed by atoms with van der Waals surface area (Å²) in [5.41, 5.74) is 3.26. The van der Waals surface area contributed by atoms with Crippen LogP contribution in [-0.4, -0.2) is 48.4 Å². The summed E-state index contributed by atoms with van der Waals surface area (Å²) in [4.78, 5) is 28.9. The van der Waals surface area contributed by atoms with E-state index in [1.54, 1.807) is 31.3 Å². The van der Waals surface area contributed by atoms with Gasteiger partial charge in [0.25, 0.3) is 5.91 Å². The molecule has 1 amide bonds. The van der Waals surface area contributed by atoms with Crippen LogP contribution in [0, 0.1) is 13.8 Å². The lowest BCUT2D eigenvalue weighted by Gasteiger charge is -2.17. The number of H-pyrrole nitrogens is 1. The van der Waals surface area contributed by atoms with E-state index < -0.39 is 0 Å². The normalized spacial score (nSPS) is 16.9. The van der Waals surface area contributed by atoms with E-state index in [2.05, 4.69) is 21.2 Å². The number of aromatic amines is 1. The number of hydrogen-bond donors (Lipinski definition) is 1. The van der Waals surface area contributed by atoms with Crippen molar-refractivity contribution in [2.45, 2.75) is 26.3 Å². The van der Waals surface area contributed by atoms with Crippen molar-refractivity contribution in [2.75, 3.05) is 13.1 Å². The summed E-state index contributed by atoms with van der Waals surface area (Å²) in [6, 6.07) is 9.45. The van der Waals surface area contributed by atoms with Gasteiger partial charge >= 0.3 is 5.69 Å². The van der Waals surface area contributed by atoms with Gasteiger partial charge in [-0.3, -0.25) is 14.5 Å². The molecule has 0 aliphatic carbocycles. The zero-order valence-electron chi connectivity index (χ0n) is 15.6. The predicted molar refractivity (Wildman–Crippen MR) is 101 cm³/mol. The molecule has 1 saturated heterocycles. The predicted octanol–water partition coefficient (Wildman–Crippen LogP) is 1.68. The van der Waals surface area contributed by atoms with Gasteiger partial charge in [-0.2, -0.15) is 10.2 Å². The van der Waals surface area contributed by atoms with E-state index in [9.17, 15) is 9.59 Å². The molecular weight excluding hydrogens is 344 g/mol. The van der Waals surface area contributed by atoms with E-state index in [1.807, 2.05) is 23.4 Å². The molecule has 8 heteroatoms. The van der Waals surface area contributed by atoms with Crippen molar-refractivity contribution in [1.29, 1.82) is 0 Å². The third-order valence-corrected chi connectivity index (χ3v) is 5.02. The molecule has 3 aromatic rings. The van der Waals surface area contributed by atoms with E-state index in [0.717, 1.165) is 29.9 Å². The second kappa shape index (κ2) is 6.53. The first-order valence-corrected chi connectivity index (χ1v) is 8.98. The third kappa shape index (κ3) is 3.18. The number of likely N-dealkylation sites (tertiary alicyclic amines) is 1. The van der Waals surface area contributed by atoms with Crippen LogP contribution in [0.2, 0.25) is 0 Å². The summed E-state index contributed by atoms with van der Waals surface area (Å²) < 4.78 is 3.28. The van der Waals surface area contributed by atoms with Gasteiger partial charge in [-0.25, -0.2) is 9.48 Å². The molecule has 2 aromatic heterocycles. The second-order valence-corrected chi connectivity index (χ2v) is 7.05. The van der Waals surface area contributed by atoms with E-state index in [0.29, 0.717) is 17.9 Å². The maximum Gasteiger partial charge on any atom is 0.343 e. The first-order valence-electron chi connectivity index (χ1n) is 8.98. The Morgan fingerprint density at radius 3 is 2.52 bits per heavy atom. The summed E-state index contributed by atoms with van der Waals surface area (Å²) in [7, 11) is 1.59. The van der Waals surface area contributed by atoms with Gasteiger partial charge in [-0.15, -0.1) is 0 Å².